The Morgan fingerprint density at radius 1 is 1.31 bits per heavy atom. The molecule has 8 nitrogen and oxygen atoms in total. The van der Waals surface area contributed by atoms with Crippen LogP contribution in [0.1, 0.15) is 33.1 Å². The number of nitrogens with two attached hydrogens (primary N) is 2. The predicted octanol–water partition coefficient (Wildman–Crippen LogP) is -1.95. The number of allylic oxidation sites excluding steroid dienone is 2. The van der Waals surface area contributed by atoms with E-state index < -0.39 is 15.4 Å². The van der Waals surface area contributed by atoms with E-state index in [-0.39, 0.29) is 24.4 Å². The number of carbonyl (C=O) groups excluding carboxylic acids is 1. The largest absolute Gasteiger partial charge is 0.487 e. The highest BCUT2D eigenvalue weighted by molar-refractivity contribution is 7.87. The van der Waals surface area contributed by atoms with Gasteiger partial charge in [-0.15, -0.1) is 0 Å². The van der Waals surface area contributed by atoms with Gasteiger partial charge < -0.3 is 15.0 Å². The third-order valence-corrected chi connectivity index (χ3v) is 6.92. The van der Waals surface area contributed by atoms with Crippen LogP contribution in [-0.2, 0) is 23.8 Å². The average Bonchev–Trinajstić information content (AvgIpc) is 3.44. The lowest BCUT2D eigenvalue weighted by molar-refractivity contribution is -0.662. The Morgan fingerprint density at radius 3 is 2.46 bits per heavy atom. The Hall–Kier alpha value is -1.45. The summed E-state index contributed by atoms with van der Waals surface area (Å²) in [5, 5.41) is 7.40. The van der Waals surface area contributed by atoms with Crippen LogP contribution in [0, 0.1) is 5.41 Å². The molecule has 4 N–H and O–H groups in total. The molecular formula is C17H31N3O5S+2. The number of piperazine rings is 1. The Labute approximate surface area is 155 Å². The third kappa shape index (κ3) is 5.28. The summed E-state index contributed by atoms with van der Waals surface area (Å²) in [6, 6.07) is 0. The third-order valence-electron chi connectivity index (χ3n) is 5.15. The monoisotopic (exact) mass is 389 g/mol. The van der Waals surface area contributed by atoms with Gasteiger partial charge in [0, 0.05) is 5.41 Å². The number of ether oxygens (including phenoxy) is 1. The van der Waals surface area contributed by atoms with Gasteiger partial charge in [-0.05, 0) is 26.2 Å². The van der Waals surface area contributed by atoms with Crippen LogP contribution >= 0.6 is 0 Å². The van der Waals surface area contributed by atoms with E-state index in [4.69, 9.17) is 14.3 Å². The normalized spacial score (nSPS) is 21.5. The van der Waals surface area contributed by atoms with Crippen molar-refractivity contribution in [2.24, 2.45) is 5.41 Å². The molecule has 0 radical (unpaired) electrons. The van der Waals surface area contributed by atoms with E-state index in [1.165, 1.54) is 6.21 Å². The van der Waals surface area contributed by atoms with E-state index >= 15 is 0 Å². The Morgan fingerprint density at radius 2 is 1.96 bits per heavy atom. The summed E-state index contributed by atoms with van der Waals surface area (Å²) in [6.07, 6.45) is 4.21. The molecule has 2 rings (SSSR count). The highest BCUT2D eigenvalue weighted by Gasteiger charge is 2.45. The van der Waals surface area contributed by atoms with Crippen molar-refractivity contribution in [1.29, 1.82) is 0 Å². The van der Waals surface area contributed by atoms with Gasteiger partial charge in [-0.1, -0.05) is 6.92 Å². The highest BCUT2D eigenvalue weighted by atomic mass is 32.2. The molecule has 0 aromatic carbocycles. The second-order valence-corrected chi connectivity index (χ2v) is 9.18. The first-order valence-electron chi connectivity index (χ1n) is 9.19. The molecule has 0 aromatic rings. The van der Waals surface area contributed by atoms with Crippen LogP contribution in [0.2, 0.25) is 0 Å². The molecule has 1 saturated carbocycles. The Balaban J connectivity index is 1.97. The summed E-state index contributed by atoms with van der Waals surface area (Å²) < 4.78 is 35.0. The fourth-order valence-electron chi connectivity index (χ4n) is 2.77. The van der Waals surface area contributed by atoms with Gasteiger partial charge >= 0.3 is 0 Å². The van der Waals surface area contributed by atoms with Gasteiger partial charge in [0.05, 0.1) is 44.6 Å². The highest BCUT2D eigenvalue weighted by Crippen LogP contribution is 2.46. The molecule has 1 heterocycles. The zero-order valence-electron chi connectivity index (χ0n) is 15.6. The minimum atomic E-state index is -3.56. The van der Waals surface area contributed by atoms with Crippen molar-refractivity contribution in [3.63, 3.8) is 0 Å². The van der Waals surface area contributed by atoms with Gasteiger partial charge in [0.2, 0.25) is 0 Å². The maximum absolute atomic E-state index is 12.0. The molecule has 2 aliphatic rings. The molecule has 0 aromatic heterocycles. The van der Waals surface area contributed by atoms with Gasteiger partial charge in [-0.2, -0.15) is 8.42 Å². The summed E-state index contributed by atoms with van der Waals surface area (Å²) >= 11 is 0. The summed E-state index contributed by atoms with van der Waals surface area (Å²) in [6.45, 7) is 7.25. The minimum absolute atomic E-state index is 0.0894. The van der Waals surface area contributed by atoms with Crippen LogP contribution in [0.15, 0.2) is 11.5 Å². The number of aldehydes is 1. The second-order valence-electron chi connectivity index (χ2n) is 7.15. The molecule has 0 spiro atoms. The van der Waals surface area contributed by atoms with E-state index in [9.17, 15) is 13.2 Å². The Bertz CT molecular complexity index is 637. The lowest BCUT2D eigenvalue weighted by Crippen LogP contribution is -2.89. The summed E-state index contributed by atoms with van der Waals surface area (Å²) in [4.78, 5) is 13.5. The van der Waals surface area contributed by atoms with Crippen LogP contribution in [0.5, 0.6) is 0 Å². The van der Waals surface area contributed by atoms with E-state index in [0.29, 0.717) is 18.4 Å². The van der Waals surface area contributed by atoms with Gasteiger partial charge in [0.25, 0.3) is 10.1 Å². The van der Waals surface area contributed by atoms with Crippen molar-refractivity contribution in [2.75, 3.05) is 39.4 Å². The molecule has 1 unspecified atom stereocenters. The fraction of sp³-hybridized carbons (Fsp3) is 0.765. The van der Waals surface area contributed by atoms with E-state index in [1.807, 2.05) is 11.8 Å². The van der Waals surface area contributed by atoms with Crippen molar-refractivity contribution in [2.45, 2.75) is 38.4 Å². The standard InChI is InChI=1S/C17H29N3O5S/c1-3-14(2)26(22,23)25-13-17(4-5-17)12-24-16(11-21)15(10-18)20-8-6-19-7-9-20/h10-11,14,18-19H,3-9,12-13H2,1-2H3/p+2. The summed E-state index contributed by atoms with van der Waals surface area (Å²) in [5.41, 5.74) is 0.251. The fourth-order valence-corrected chi connectivity index (χ4v) is 3.82. The average molecular weight is 390 g/mol. The molecular weight excluding hydrogens is 358 g/mol. The van der Waals surface area contributed by atoms with Gasteiger partial charge in [0.15, 0.2) is 18.3 Å². The van der Waals surface area contributed by atoms with Crippen LogP contribution in [-0.4, -0.2) is 70.5 Å². The molecule has 1 saturated heterocycles. The van der Waals surface area contributed by atoms with Gasteiger partial charge in [-0.3, -0.25) is 14.4 Å². The predicted molar refractivity (Wildman–Crippen MR) is 96.6 cm³/mol. The maximum Gasteiger partial charge on any atom is 0.269 e. The number of quaternary nitrogens is 1. The molecule has 26 heavy (non-hydrogen) atoms. The number of hydrogen-bond donors (Lipinski definition) is 2. The molecule has 148 valence electrons. The first-order valence-corrected chi connectivity index (χ1v) is 10.7. The van der Waals surface area contributed by atoms with Crippen molar-refractivity contribution < 1.29 is 32.9 Å². The number of rotatable bonds is 11. The smallest absolute Gasteiger partial charge is 0.269 e. The van der Waals surface area contributed by atoms with Crippen molar-refractivity contribution in [1.82, 2.24) is 4.90 Å². The SMILES string of the molecule is CCC(C)S(=O)(=O)OCC1(COC(C=O)=C(C=[NH2+])N2CC[NH2+]CC2)CC1. The minimum Gasteiger partial charge on any atom is -0.487 e. The van der Waals surface area contributed by atoms with E-state index in [1.54, 1.807) is 6.92 Å². The summed E-state index contributed by atoms with van der Waals surface area (Å²) in [5.74, 6) is 0.199. The number of hydrogen-bond acceptors (Lipinski definition) is 6. The zero-order valence-corrected chi connectivity index (χ0v) is 16.5. The van der Waals surface area contributed by atoms with Crippen molar-refractivity contribution in [3.8, 4) is 0 Å². The van der Waals surface area contributed by atoms with Gasteiger partial charge in [-0.25, -0.2) is 0 Å². The molecule has 1 atom stereocenters. The second kappa shape index (κ2) is 8.96. The van der Waals surface area contributed by atoms with Crippen LogP contribution in [0.4, 0.5) is 0 Å². The quantitative estimate of drug-likeness (QED) is 0.140. The molecule has 1 aliphatic heterocycles. The van der Waals surface area contributed by atoms with Crippen LogP contribution < -0.4 is 10.7 Å². The lowest BCUT2D eigenvalue weighted by atomic mass is 10.1. The molecule has 2 fully saturated rings. The van der Waals surface area contributed by atoms with Crippen LogP contribution in [0.25, 0.3) is 0 Å². The van der Waals surface area contributed by atoms with Crippen LogP contribution in [0.3, 0.4) is 0 Å². The first-order chi connectivity index (χ1) is 12.4. The zero-order chi connectivity index (χ0) is 19.2. The molecule has 1 aliphatic carbocycles. The molecule has 0 amide bonds. The molecule has 0 bridgehead atoms. The number of carbonyl (C=O) groups is 1. The summed E-state index contributed by atoms with van der Waals surface area (Å²) in [7, 11) is -3.56. The van der Waals surface area contributed by atoms with E-state index in [0.717, 1.165) is 39.0 Å². The first kappa shape index (κ1) is 20.9. The maximum atomic E-state index is 12.0. The van der Waals surface area contributed by atoms with Crippen molar-refractivity contribution >= 4 is 22.6 Å². The molecule has 9 heteroatoms. The lowest BCUT2D eigenvalue weighted by Gasteiger charge is -2.27. The van der Waals surface area contributed by atoms with Gasteiger partial charge in [0.1, 0.15) is 5.70 Å². The number of nitrogens with zero attached hydrogens (tertiary/aromatic N) is 1. The Kier molecular flexibility index (Phi) is 7.19. The topological polar surface area (TPSA) is 115 Å². The van der Waals surface area contributed by atoms with E-state index in [2.05, 4.69) is 5.32 Å². The van der Waals surface area contributed by atoms with Crippen molar-refractivity contribution in [3.05, 3.63) is 11.5 Å².